The second-order valence-corrected chi connectivity index (χ2v) is 6.08. The minimum Gasteiger partial charge on any atom is -0.481 e. The fourth-order valence-corrected chi connectivity index (χ4v) is 2.01. The summed E-state index contributed by atoms with van der Waals surface area (Å²) in [6, 6.07) is 7.39. The average molecular weight is 311 g/mol. The van der Waals surface area contributed by atoms with Gasteiger partial charge >= 0.3 is 5.97 Å². The molecule has 0 heterocycles. The minimum atomic E-state index is -1.28. The third kappa shape index (κ3) is 4.14. The van der Waals surface area contributed by atoms with Crippen molar-refractivity contribution in [2.45, 2.75) is 37.3 Å². The number of rotatable bonds is 6. The molecule has 1 aromatic rings. The van der Waals surface area contributed by atoms with Gasteiger partial charge in [-0.25, -0.2) is 4.79 Å². The number of ether oxygens (including phenoxy) is 1. The highest BCUT2D eigenvalue weighted by molar-refractivity contribution is 7.98. The second kappa shape index (κ2) is 6.85. The Balaban J connectivity index is 2.76. The van der Waals surface area contributed by atoms with Gasteiger partial charge in [0.2, 0.25) is 0 Å². The van der Waals surface area contributed by atoms with Gasteiger partial charge in [0.15, 0.2) is 6.10 Å². The fraction of sp³-hybridized carbons (Fsp3) is 0.467. The van der Waals surface area contributed by atoms with Crippen molar-refractivity contribution in [2.24, 2.45) is 0 Å². The molecule has 0 aliphatic rings. The van der Waals surface area contributed by atoms with Crippen LogP contribution >= 0.6 is 11.8 Å². The number of carbonyl (C=O) groups excluding carboxylic acids is 1. The van der Waals surface area contributed by atoms with Crippen LogP contribution < -0.4 is 4.74 Å². The third-order valence-corrected chi connectivity index (χ3v) is 4.16. The van der Waals surface area contributed by atoms with Crippen LogP contribution in [0, 0.1) is 0 Å². The largest absolute Gasteiger partial charge is 0.481 e. The summed E-state index contributed by atoms with van der Waals surface area (Å²) in [6.45, 7) is 4.57. The first-order chi connectivity index (χ1) is 9.70. The van der Waals surface area contributed by atoms with E-state index in [0.717, 1.165) is 4.90 Å². The van der Waals surface area contributed by atoms with E-state index in [4.69, 9.17) is 9.84 Å². The average Bonchev–Trinajstić information content (AvgIpc) is 2.46. The standard InChI is InChI=1S/C15H21NO4S/c1-10(13(17)16(4)15(2,3)14(18)19)20-11-6-8-12(21-5)9-7-11/h6-10H,1-5H3,(H,18,19). The molecule has 0 bridgehead atoms. The van der Waals surface area contributed by atoms with Crippen LogP contribution in [0.25, 0.3) is 0 Å². The van der Waals surface area contributed by atoms with E-state index in [0.29, 0.717) is 5.75 Å². The number of carboxylic acid groups (broad SMARTS) is 1. The highest BCUT2D eigenvalue weighted by Crippen LogP contribution is 2.21. The Morgan fingerprint density at radius 2 is 1.81 bits per heavy atom. The number of likely N-dealkylation sites (N-methyl/N-ethyl adjacent to an activating group) is 1. The van der Waals surface area contributed by atoms with Gasteiger partial charge in [-0.3, -0.25) is 4.79 Å². The summed E-state index contributed by atoms with van der Waals surface area (Å²) in [5.41, 5.74) is -1.28. The number of nitrogens with zero attached hydrogens (tertiary/aromatic N) is 1. The van der Waals surface area contributed by atoms with Crippen molar-refractivity contribution in [2.75, 3.05) is 13.3 Å². The molecule has 0 spiro atoms. The van der Waals surface area contributed by atoms with Gasteiger partial charge in [-0.2, -0.15) is 0 Å². The molecule has 0 fully saturated rings. The predicted molar refractivity (Wildman–Crippen MR) is 82.8 cm³/mol. The molecule has 1 rings (SSSR count). The topological polar surface area (TPSA) is 66.8 Å². The lowest BCUT2D eigenvalue weighted by Gasteiger charge is -2.33. The second-order valence-electron chi connectivity index (χ2n) is 5.20. The molecule has 0 radical (unpaired) electrons. The van der Waals surface area contributed by atoms with Crippen molar-refractivity contribution in [3.8, 4) is 5.75 Å². The fourth-order valence-electron chi connectivity index (χ4n) is 1.60. The Bertz CT molecular complexity index is 513. The Kier molecular flexibility index (Phi) is 5.66. The van der Waals surface area contributed by atoms with Gasteiger partial charge in [0, 0.05) is 11.9 Å². The lowest BCUT2D eigenvalue weighted by Crippen LogP contribution is -2.54. The molecule has 1 N–H and O–H groups in total. The molecule has 0 aliphatic carbocycles. The van der Waals surface area contributed by atoms with E-state index in [1.54, 1.807) is 30.8 Å². The Morgan fingerprint density at radius 3 is 2.24 bits per heavy atom. The number of thioether (sulfide) groups is 1. The van der Waals surface area contributed by atoms with Crippen LogP contribution in [0.15, 0.2) is 29.2 Å². The molecule has 0 aromatic heterocycles. The van der Waals surface area contributed by atoms with E-state index < -0.39 is 17.6 Å². The SMILES string of the molecule is CSc1ccc(OC(C)C(=O)N(C)C(C)(C)C(=O)O)cc1. The van der Waals surface area contributed by atoms with Gasteiger partial charge in [-0.1, -0.05) is 0 Å². The van der Waals surface area contributed by atoms with Gasteiger partial charge in [0.05, 0.1) is 0 Å². The maximum atomic E-state index is 12.3. The van der Waals surface area contributed by atoms with Crippen molar-refractivity contribution in [1.82, 2.24) is 4.90 Å². The van der Waals surface area contributed by atoms with Gasteiger partial charge in [0.1, 0.15) is 11.3 Å². The quantitative estimate of drug-likeness (QED) is 0.818. The van der Waals surface area contributed by atoms with Crippen LogP contribution in [-0.2, 0) is 9.59 Å². The number of hydrogen-bond donors (Lipinski definition) is 1. The maximum absolute atomic E-state index is 12.3. The van der Waals surface area contributed by atoms with Crippen LogP contribution in [0.5, 0.6) is 5.75 Å². The normalized spacial score (nSPS) is 12.6. The number of benzene rings is 1. The van der Waals surface area contributed by atoms with Crippen molar-refractivity contribution >= 4 is 23.6 Å². The van der Waals surface area contributed by atoms with Crippen molar-refractivity contribution < 1.29 is 19.4 Å². The van der Waals surface area contributed by atoms with Crippen molar-refractivity contribution in [1.29, 1.82) is 0 Å². The van der Waals surface area contributed by atoms with E-state index in [-0.39, 0.29) is 5.91 Å². The number of amides is 1. The van der Waals surface area contributed by atoms with E-state index in [1.165, 1.54) is 25.8 Å². The van der Waals surface area contributed by atoms with E-state index in [2.05, 4.69) is 0 Å². The molecule has 1 atom stereocenters. The van der Waals surface area contributed by atoms with E-state index >= 15 is 0 Å². The third-order valence-electron chi connectivity index (χ3n) is 3.41. The van der Waals surface area contributed by atoms with Gasteiger partial charge in [-0.15, -0.1) is 11.8 Å². The maximum Gasteiger partial charge on any atom is 0.329 e. The van der Waals surface area contributed by atoms with Crippen LogP contribution in [0.4, 0.5) is 0 Å². The lowest BCUT2D eigenvalue weighted by molar-refractivity contribution is -0.157. The van der Waals surface area contributed by atoms with E-state index in [9.17, 15) is 9.59 Å². The first kappa shape index (κ1) is 17.4. The molecule has 1 unspecified atom stereocenters. The van der Waals surface area contributed by atoms with E-state index in [1.807, 2.05) is 18.4 Å². The number of carboxylic acids is 1. The number of carbonyl (C=O) groups is 2. The molecular formula is C15H21NO4S. The summed E-state index contributed by atoms with van der Waals surface area (Å²) < 4.78 is 5.58. The highest BCUT2D eigenvalue weighted by atomic mass is 32.2. The summed E-state index contributed by atoms with van der Waals surface area (Å²) >= 11 is 1.62. The zero-order valence-electron chi connectivity index (χ0n) is 12.9. The van der Waals surface area contributed by atoms with Crippen LogP contribution in [0.3, 0.4) is 0 Å². The molecule has 0 aliphatic heterocycles. The molecule has 1 amide bonds. The first-order valence-corrected chi connectivity index (χ1v) is 7.74. The monoisotopic (exact) mass is 311 g/mol. The minimum absolute atomic E-state index is 0.378. The summed E-state index contributed by atoms with van der Waals surface area (Å²) in [4.78, 5) is 25.7. The van der Waals surface area contributed by atoms with Crippen LogP contribution in [0.2, 0.25) is 0 Å². The number of hydrogen-bond acceptors (Lipinski definition) is 4. The summed E-state index contributed by atoms with van der Waals surface area (Å²) in [5, 5.41) is 9.15. The highest BCUT2D eigenvalue weighted by Gasteiger charge is 2.37. The molecule has 6 heteroatoms. The Labute approximate surface area is 129 Å². The van der Waals surface area contributed by atoms with Gasteiger partial charge in [0.25, 0.3) is 5.91 Å². The molecule has 1 aromatic carbocycles. The molecule has 116 valence electrons. The van der Waals surface area contributed by atoms with Crippen molar-refractivity contribution in [3.05, 3.63) is 24.3 Å². The Morgan fingerprint density at radius 1 is 1.29 bits per heavy atom. The molecule has 0 saturated heterocycles. The van der Waals surface area contributed by atoms with Crippen LogP contribution in [-0.4, -0.2) is 46.8 Å². The molecule has 0 saturated carbocycles. The summed E-state index contributed by atoms with van der Waals surface area (Å²) in [7, 11) is 1.47. The van der Waals surface area contributed by atoms with Gasteiger partial charge < -0.3 is 14.7 Å². The molecular weight excluding hydrogens is 290 g/mol. The lowest BCUT2D eigenvalue weighted by atomic mass is 10.0. The zero-order chi connectivity index (χ0) is 16.2. The van der Waals surface area contributed by atoms with Crippen LogP contribution in [0.1, 0.15) is 20.8 Å². The zero-order valence-corrected chi connectivity index (χ0v) is 13.7. The molecule has 5 nitrogen and oxygen atoms in total. The predicted octanol–water partition coefficient (Wildman–Crippen LogP) is 2.50. The Hall–Kier alpha value is -1.69. The first-order valence-electron chi connectivity index (χ1n) is 6.52. The summed E-state index contributed by atoms with van der Waals surface area (Å²) in [6.07, 6.45) is 1.22. The molecule has 21 heavy (non-hydrogen) atoms. The smallest absolute Gasteiger partial charge is 0.329 e. The van der Waals surface area contributed by atoms with Gasteiger partial charge in [-0.05, 0) is 51.3 Å². The summed E-state index contributed by atoms with van der Waals surface area (Å²) in [5.74, 6) is -0.860. The van der Waals surface area contributed by atoms with Crippen molar-refractivity contribution in [3.63, 3.8) is 0 Å². The number of aliphatic carboxylic acids is 1.